The van der Waals surface area contributed by atoms with Crippen LogP contribution in [0.2, 0.25) is 0 Å². The molecule has 1 aliphatic heterocycles. The molecule has 0 amide bonds. The van der Waals surface area contributed by atoms with Crippen molar-refractivity contribution in [3.63, 3.8) is 0 Å². The Morgan fingerprint density at radius 2 is 2.24 bits per heavy atom. The monoisotopic (exact) mass is 265 g/mol. The van der Waals surface area contributed by atoms with Crippen LogP contribution in [0.1, 0.15) is 17.6 Å². The number of thioether (sulfide) groups is 1. The van der Waals surface area contributed by atoms with Crippen molar-refractivity contribution in [3.8, 4) is 0 Å². The molecule has 1 aromatic rings. The molecule has 1 saturated heterocycles. The van der Waals surface area contributed by atoms with Crippen LogP contribution in [-0.2, 0) is 10.9 Å². The number of nitrogen functional groups attached to an aromatic ring is 1. The number of rotatable bonds is 1. The van der Waals surface area contributed by atoms with Gasteiger partial charge in [0.1, 0.15) is 6.10 Å². The van der Waals surface area contributed by atoms with Crippen LogP contribution in [0.5, 0.6) is 0 Å². The van der Waals surface area contributed by atoms with Crippen LogP contribution >= 0.6 is 11.8 Å². The highest BCUT2D eigenvalue weighted by molar-refractivity contribution is 7.99. The van der Waals surface area contributed by atoms with E-state index in [0.717, 1.165) is 11.9 Å². The van der Waals surface area contributed by atoms with Gasteiger partial charge in [-0.05, 0) is 0 Å². The molecule has 0 bridgehead atoms. The summed E-state index contributed by atoms with van der Waals surface area (Å²) in [7, 11) is 0. The summed E-state index contributed by atoms with van der Waals surface area (Å²) in [5.41, 5.74) is 3.65. The van der Waals surface area contributed by atoms with Gasteiger partial charge in [0, 0.05) is 11.5 Å². The SMILES string of the molecule is Nc1cnc(C2CSCCO2)nc1C(F)(F)F. The fourth-order valence-electron chi connectivity index (χ4n) is 1.42. The lowest BCUT2D eigenvalue weighted by Crippen LogP contribution is -2.21. The molecule has 2 N–H and O–H groups in total. The second kappa shape index (κ2) is 4.69. The lowest BCUT2D eigenvalue weighted by atomic mass is 10.3. The van der Waals surface area contributed by atoms with E-state index in [4.69, 9.17) is 10.5 Å². The van der Waals surface area contributed by atoms with Gasteiger partial charge in [-0.15, -0.1) is 0 Å². The van der Waals surface area contributed by atoms with Crippen molar-refractivity contribution in [2.24, 2.45) is 0 Å². The Morgan fingerprint density at radius 3 is 2.82 bits per heavy atom. The fourth-order valence-corrected chi connectivity index (χ4v) is 2.26. The van der Waals surface area contributed by atoms with Crippen LogP contribution < -0.4 is 5.73 Å². The second-order valence-electron chi connectivity index (χ2n) is 3.46. The van der Waals surface area contributed by atoms with Gasteiger partial charge in [0.25, 0.3) is 0 Å². The molecule has 0 radical (unpaired) electrons. The summed E-state index contributed by atoms with van der Waals surface area (Å²) in [6, 6.07) is 0. The Bertz CT molecular complexity index is 407. The van der Waals surface area contributed by atoms with Crippen molar-refractivity contribution in [1.82, 2.24) is 9.97 Å². The van der Waals surface area contributed by atoms with Crippen molar-refractivity contribution in [1.29, 1.82) is 0 Å². The number of hydrogen-bond acceptors (Lipinski definition) is 5. The first-order chi connectivity index (χ1) is 7.98. The molecule has 94 valence electrons. The third-order valence-electron chi connectivity index (χ3n) is 2.21. The van der Waals surface area contributed by atoms with Crippen LogP contribution in [0.4, 0.5) is 18.9 Å². The predicted molar refractivity (Wildman–Crippen MR) is 57.5 cm³/mol. The van der Waals surface area contributed by atoms with Gasteiger partial charge >= 0.3 is 6.18 Å². The van der Waals surface area contributed by atoms with E-state index in [1.165, 1.54) is 0 Å². The summed E-state index contributed by atoms with van der Waals surface area (Å²) in [6.45, 7) is 0.490. The fraction of sp³-hybridized carbons (Fsp3) is 0.556. The highest BCUT2D eigenvalue weighted by Gasteiger charge is 2.36. The van der Waals surface area contributed by atoms with Gasteiger partial charge in [-0.2, -0.15) is 24.9 Å². The van der Waals surface area contributed by atoms with Crippen LogP contribution in [-0.4, -0.2) is 28.1 Å². The first-order valence-corrected chi connectivity index (χ1v) is 6.03. The molecule has 0 aliphatic carbocycles. The number of aromatic nitrogens is 2. The number of nitrogens with two attached hydrogens (primary N) is 1. The van der Waals surface area contributed by atoms with Crippen molar-refractivity contribution >= 4 is 17.4 Å². The molecule has 17 heavy (non-hydrogen) atoms. The Labute approximate surface area is 99.8 Å². The topological polar surface area (TPSA) is 61.0 Å². The molecule has 2 heterocycles. The zero-order chi connectivity index (χ0) is 12.5. The zero-order valence-corrected chi connectivity index (χ0v) is 9.51. The Kier molecular flexibility index (Phi) is 3.43. The number of alkyl halides is 3. The van der Waals surface area contributed by atoms with Gasteiger partial charge in [-0.25, -0.2) is 9.97 Å². The molecule has 0 saturated carbocycles. The Morgan fingerprint density at radius 1 is 1.47 bits per heavy atom. The van der Waals surface area contributed by atoms with Gasteiger partial charge in [0.2, 0.25) is 0 Å². The molecule has 8 heteroatoms. The Balaban J connectivity index is 2.30. The van der Waals surface area contributed by atoms with Crippen LogP contribution in [0.15, 0.2) is 6.20 Å². The van der Waals surface area contributed by atoms with E-state index >= 15 is 0 Å². The number of hydrogen-bond donors (Lipinski definition) is 1. The van der Waals surface area contributed by atoms with E-state index in [1.54, 1.807) is 11.8 Å². The average Bonchev–Trinajstić information content (AvgIpc) is 2.29. The van der Waals surface area contributed by atoms with Gasteiger partial charge in [0.15, 0.2) is 11.5 Å². The summed E-state index contributed by atoms with van der Waals surface area (Å²) >= 11 is 1.60. The molecule has 0 aromatic carbocycles. The summed E-state index contributed by atoms with van der Waals surface area (Å²) in [4.78, 5) is 7.27. The minimum Gasteiger partial charge on any atom is -0.396 e. The van der Waals surface area contributed by atoms with Gasteiger partial charge in [0.05, 0.1) is 18.5 Å². The normalized spacial score (nSPS) is 21.5. The van der Waals surface area contributed by atoms with E-state index in [9.17, 15) is 13.2 Å². The third-order valence-corrected chi connectivity index (χ3v) is 3.20. The zero-order valence-electron chi connectivity index (χ0n) is 8.70. The Hall–Kier alpha value is -1.02. The quantitative estimate of drug-likeness (QED) is 0.840. The molecule has 1 fully saturated rings. The van der Waals surface area contributed by atoms with Crippen molar-refractivity contribution < 1.29 is 17.9 Å². The first-order valence-electron chi connectivity index (χ1n) is 4.87. The summed E-state index contributed by atoms with van der Waals surface area (Å²) < 4.78 is 43.1. The van der Waals surface area contributed by atoms with Gasteiger partial charge in [-0.3, -0.25) is 0 Å². The second-order valence-corrected chi connectivity index (χ2v) is 4.61. The number of anilines is 1. The molecule has 0 spiro atoms. The van der Waals surface area contributed by atoms with Crippen LogP contribution in [0.25, 0.3) is 0 Å². The smallest absolute Gasteiger partial charge is 0.396 e. The molecule has 1 unspecified atom stereocenters. The first kappa shape index (κ1) is 12.4. The lowest BCUT2D eigenvalue weighted by molar-refractivity contribution is -0.140. The summed E-state index contributed by atoms with van der Waals surface area (Å²) in [5, 5.41) is 0. The summed E-state index contributed by atoms with van der Waals surface area (Å²) in [5.74, 6) is 1.43. The molecule has 2 rings (SSSR count). The standard InChI is InChI=1S/C9H10F3N3OS/c10-9(11,12)7-5(13)3-14-8(15-7)6-4-17-2-1-16-6/h3,6H,1-2,4,13H2. The maximum Gasteiger partial charge on any atom is 0.435 e. The molecule has 1 aliphatic rings. The van der Waals surface area contributed by atoms with Gasteiger partial charge < -0.3 is 10.5 Å². The van der Waals surface area contributed by atoms with E-state index in [2.05, 4.69) is 9.97 Å². The molecule has 1 atom stereocenters. The van der Waals surface area contributed by atoms with E-state index in [-0.39, 0.29) is 5.82 Å². The summed E-state index contributed by atoms with van der Waals surface area (Å²) in [6.07, 6.45) is -4.08. The van der Waals surface area contributed by atoms with Gasteiger partial charge in [-0.1, -0.05) is 0 Å². The largest absolute Gasteiger partial charge is 0.435 e. The number of nitrogens with zero attached hydrogens (tertiary/aromatic N) is 2. The van der Waals surface area contributed by atoms with Crippen molar-refractivity contribution in [2.45, 2.75) is 12.3 Å². The van der Waals surface area contributed by atoms with E-state index in [1.807, 2.05) is 0 Å². The average molecular weight is 265 g/mol. The molecular weight excluding hydrogens is 255 g/mol. The molecule has 4 nitrogen and oxygen atoms in total. The minimum absolute atomic E-state index is 0.0405. The third kappa shape index (κ3) is 2.81. The highest BCUT2D eigenvalue weighted by Crippen LogP contribution is 2.33. The van der Waals surface area contributed by atoms with Crippen molar-refractivity contribution in [3.05, 3.63) is 17.7 Å². The molecule has 1 aromatic heterocycles. The lowest BCUT2D eigenvalue weighted by Gasteiger charge is -2.21. The molecular formula is C9H10F3N3OS. The van der Waals surface area contributed by atoms with Crippen LogP contribution in [0.3, 0.4) is 0 Å². The minimum atomic E-state index is -4.57. The number of ether oxygens (including phenoxy) is 1. The van der Waals surface area contributed by atoms with E-state index < -0.39 is 23.7 Å². The number of halogens is 3. The highest BCUT2D eigenvalue weighted by atomic mass is 32.2. The van der Waals surface area contributed by atoms with Crippen LogP contribution in [0, 0.1) is 0 Å². The predicted octanol–water partition coefficient (Wildman–Crippen LogP) is 1.88. The van der Waals surface area contributed by atoms with Crippen molar-refractivity contribution in [2.75, 3.05) is 23.8 Å². The van der Waals surface area contributed by atoms with E-state index in [0.29, 0.717) is 12.4 Å². The maximum atomic E-state index is 12.6. The maximum absolute atomic E-state index is 12.6.